The molecule has 1 aliphatic heterocycles. The summed E-state index contributed by atoms with van der Waals surface area (Å²) >= 11 is 0. The number of benzene rings is 1. The van der Waals surface area contributed by atoms with Crippen molar-refractivity contribution >= 4 is 11.8 Å². The molecule has 0 spiro atoms. The molecular weight excluding hydrogens is 473 g/mol. The second-order valence-corrected chi connectivity index (χ2v) is 9.08. The van der Waals surface area contributed by atoms with E-state index in [1.54, 1.807) is 44.2 Å². The predicted molar refractivity (Wildman–Crippen MR) is 125 cm³/mol. The van der Waals surface area contributed by atoms with E-state index in [1.807, 2.05) is 0 Å². The molecule has 11 heteroatoms. The van der Waals surface area contributed by atoms with Crippen molar-refractivity contribution in [3.8, 4) is 0 Å². The van der Waals surface area contributed by atoms with Crippen molar-refractivity contribution in [2.75, 3.05) is 6.54 Å². The standard InChI is InChI=1S/C25H27F3N6O2/c1-14(2)19-12-29-20(10-18(19)24(27)28)23(15-6-4-3-5-7-15)31-25(36)21-8-16(26)13-34(21)22(35)9-17-11-30-33-32-17/h3-7,10-12,14,16,21,23-24H,8-9,13H2,1-2H3,(H,31,36)(H,30,32,33)/t16-,21+,23+/m1/s1. The first-order valence-electron chi connectivity index (χ1n) is 11.7. The summed E-state index contributed by atoms with van der Waals surface area (Å²) in [4.78, 5) is 31.8. The van der Waals surface area contributed by atoms with Crippen LogP contribution in [0.5, 0.6) is 0 Å². The summed E-state index contributed by atoms with van der Waals surface area (Å²) in [6.45, 7) is 3.38. The molecule has 4 rings (SSSR count). The number of aromatic amines is 1. The third kappa shape index (κ3) is 5.55. The molecule has 1 aliphatic rings. The van der Waals surface area contributed by atoms with Crippen LogP contribution in [0, 0.1) is 0 Å². The molecule has 0 unspecified atom stereocenters. The number of carbonyl (C=O) groups excluding carboxylic acids is 2. The number of aromatic nitrogens is 4. The van der Waals surface area contributed by atoms with Gasteiger partial charge >= 0.3 is 0 Å². The Hall–Kier alpha value is -3.76. The van der Waals surface area contributed by atoms with Crippen molar-refractivity contribution in [3.63, 3.8) is 0 Å². The van der Waals surface area contributed by atoms with Gasteiger partial charge in [0.2, 0.25) is 11.8 Å². The van der Waals surface area contributed by atoms with E-state index >= 15 is 0 Å². The maximum absolute atomic E-state index is 14.4. The molecule has 3 aromatic rings. The second kappa shape index (κ2) is 10.9. The lowest BCUT2D eigenvalue weighted by Gasteiger charge is -2.27. The Morgan fingerprint density at radius 2 is 1.92 bits per heavy atom. The fourth-order valence-corrected chi connectivity index (χ4v) is 4.42. The maximum atomic E-state index is 14.4. The Balaban J connectivity index is 1.62. The van der Waals surface area contributed by atoms with Crippen LogP contribution in [0.25, 0.3) is 0 Å². The molecule has 190 valence electrons. The first-order chi connectivity index (χ1) is 17.2. The summed E-state index contributed by atoms with van der Waals surface area (Å²) in [5.74, 6) is -1.21. The highest BCUT2D eigenvalue weighted by Gasteiger charge is 2.40. The van der Waals surface area contributed by atoms with Gasteiger partial charge in [-0.25, -0.2) is 13.2 Å². The minimum absolute atomic E-state index is 0.134. The molecule has 0 aliphatic carbocycles. The Labute approximate surface area is 206 Å². The minimum atomic E-state index is -2.72. The third-order valence-electron chi connectivity index (χ3n) is 6.23. The fraction of sp³-hybridized carbons (Fsp3) is 0.400. The predicted octanol–water partition coefficient (Wildman–Crippen LogP) is 3.65. The van der Waals surface area contributed by atoms with Gasteiger partial charge in [-0.3, -0.25) is 14.6 Å². The van der Waals surface area contributed by atoms with Crippen molar-refractivity contribution < 1.29 is 22.8 Å². The second-order valence-electron chi connectivity index (χ2n) is 9.08. The number of pyridine rings is 1. The van der Waals surface area contributed by atoms with Gasteiger partial charge in [0, 0.05) is 18.2 Å². The van der Waals surface area contributed by atoms with Crippen molar-refractivity contribution in [3.05, 3.63) is 76.9 Å². The SMILES string of the molecule is CC(C)c1cnc([C@@H](NC(=O)[C@@H]2C[C@@H](F)CN2C(=O)Cc2cn[nH]n2)c2ccccc2)cc1C(F)F. The van der Waals surface area contributed by atoms with Crippen molar-refractivity contribution in [2.45, 2.75) is 57.3 Å². The van der Waals surface area contributed by atoms with Crippen LogP contribution >= 0.6 is 0 Å². The average molecular weight is 501 g/mol. The number of carbonyl (C=O) groups is 2. The maximum Gasteiger partial charge on any atom is 0.264 e. The molecule has 0 radical (unpaired) electrons. The van der Waals surface area contributed by atoms with E-state index in [-0.39, 0.29) is 36.6 Å². The number of hydrogen-bond donors (Lipinski definition) is 2. The Bertz CT molecular complexity index is 1190. The number of H-pyrrole nitrogens is 1. The zero-order valence-electron chi connectivity index (χ0n) is 19.9. The molecule has 1 saturated heterocycles. The number of halogens is 3. The van der Waals surface area contributed by atoms with Gasteiger partial charge in [-0.15, -0.1) is 0 Å². The molecule has 36 heavy (non-hydrogen) atoms. The zero-order chi connectivity index (χ0) is 25.8. The molecular formula is C25H27F3N6O2. The topological polar surface area (TPSA) is 104 Å². The molecule has 0 bridgehead atoms. The minimum Gasteiger partial charge on any atom is -0.342 e. The van der Waals surface area contributed by atoms with Gasteiger partial charge in [0.25, 0.3) is 6.43 Å². The smallest absolute Gasteiger partial charge is 0.264 e. The number of amides is 2. The molecule has 0 saturated carbocycles. The van der Waals surface area contributed by atoms with E-state index in [0.717, 1.165) is 0 Å². The fourth-order valence-electron chi connectivity index (χ4n) is 4.42. The van der Waals surface area contributed by atoms with Gasteiger partial charge in [-0.05, 0) is 23.1 Å². The lowest BCUT2D eigenvalue weighted by Crippen LogP contribution is -2.47. The third-order valence-corrected chi connectivity index (χ3v) is 6.23. The van der Waals surface area contributed by atoms with Crippen LogP contribution in [0.3, 0.4) is 0 Å². The highest BCUT2D eigenvalue weighted by atomic mass is 19.3. The Morgan fingerprint density at radius 1 is 1.17 bits per heavy atom. The highest BCUT2D eigenvalue weighted by Crippen LogP contribution is 2.32. The van der Waals surface area contributed by atoms with Gasteiger partial charge in [0.1, 0.15) is 12.2 Å². The molecule has 2 amide bonds. The van der Waals surface area contributed by atoms with Crippen LogP contribution in [-0.2, 0) is 16.0 Å². The molecule has 1 fully saturated rings. The monoisotopic (exact) mass is 500 g/mol. The van der Waals surface area contributed by atoms with Crippen LogP contribution in [0.2, 0.25) is 0 Å². The van der Waals surface area contributed by atoms with Crippen LogP contribution < -0.4 is 5.32 Å². The van der Waals surface area contributed by atoms with Gasteiger partial charge in [0.05, 0.1) is 36.6 Å². The molecule has 2 aromatic heterocycles. The number of likely N-dealkylation sites (tertiary alicyclic amines) is 1. The summed E-state index contributed by atoms with van der Waals surface area (Å²) in [6, 6.07) is 8.15. The Kier molecular flexibility index (Phi) is 7.66. The van der Waals surface area contributed by atoms with Crippen LogP contribution in [0.1, 0.15) is 66.7 Å². The summed E-state index contributed by atoms with van der Waals surface area (Å²) < 4.78 is 42.1. The van der Waals surface area contributed by atoms with E-state index in [9.17, 15) is 22.8 Å². The molecule has 3 atom stereocenters. The number of nitrogens with one attached hydrogen (secondary N) is 2. The summed E-state index contributed by atoms with van der Waals surface area (Å²) in [6.07, 6.45) is -1.60. The first-order valence-corrected chi connectivity index (χ1v) is 11.7. The van der Waals surface area contributed by atoms with Crippen LogP contribution in [-0.4, -0.2) is 55.9 Å². The molecule has 1 aromatic carbocycles. The normalized spacial score (nSPS) is 18.6. The van der Waals surface area contributed by atoms with E-state index in [0.29, 0.717) is 16.8 Å². The van der Waals surface area contributed by atoms with Crippen LogP contribution in [0.15, 0.2) is 48.8 Å². The largest absolute Gasteiger partial charge is 0.342 e. The zero-order valence-corrected chi connectivity index (χ0v) is 19.9. The highest BCUT2D eigenvalue weighted by molar-refractivity contribution is 5.89. The molecule has 8 nitrogen and oxygen atoms in total. The quantitative estimate of drug-likeness (QED) is 0.492. The van der Waals surface area contributed by atoms with Gasteiger partial charge in [0.15, 0.2) is 0 Å². The van der Waals surface area contributed by atoms with Crippen molar-refractivity contribution in [1.82, 2.24) is 30.6 Å². The molecule has 3 heterocycles. The number of nitrogens with zero attached hydrogens (tertiary/aromatic N) is 4. The van der Waals surface area contributed by atoms with Gasteiger partial charge < -0.3 is 10.2 Å². The van der Waals surface area contributed by atoms with Gasteiger partial charge in [-0.1, -0.05) is 44.2 Å². The lowest BCUT2D eigenvalue weighted by atomic mass is 9.95. The lowest BCUT2D eigenvalue weighted by molar-refractivity contribution is -0.138. The van der Waals surface area contributed by atoms with E-state index in [1.165, 1.54) is 23.4 Å². The van der Waals surface area contributed by atoms with Crippen LogP contribution in [0.4, 0.5) is 13.2 Å². The van der Waals surface area contributed by atoms with E-state index in [4.69, 9.17) is 0 Å². The first kappa shape index (κ1) is 25.3. The Morgan fingerprint density at radius 3 is 2.56 bits per heavy atom. The summed E-state index contributed by atoms with van der Waals surface area (Å²) in [5, 5.41) is 12.7. The van der Waals surface area contributed by atoms with Crippen molar-refractivity contribution in [2.24, 2.45) is 0 Å². The number of rotatable bonds is 8. The van der Waals surface area contributed by atoms with E-state index < -0.39 is 36.5 Å². The molecule has 2 N–H and O–H groups in total. The number of alkyl halides is 3. The van der Waals surface area contributed by atoms with Gasteiger partial charge in [-0.2, -0.15) is 15.4 Å². The van der Waals surface area contributed by atoms with E-state index in [2.05, 4.69) is 25.7 Å². The average Bonchev–Trinajstić information content (AvgIpc) is 3.52. The number of hydrogen-bond acceptors (Lipinski definition) is 5. The summed E-state index contributed by atoms with van der Waals surface area (Å²) in [5.41, 5.74) is 1.49. The summed E-state index contributed by atoms with van der Waals surface area (Å²) in [7, 11) is 0. The van der Waals surface area contributed by atoms with Crippen molar-refractivity contribution in [1.29, 1.82) is 0 Å².